The second kappa shape index (κ2) is 6.20. The van der Waals surface area contributed by atoms with E-state index >= 15 is 0 Å². The molecule has 1 aromatic heterocycles. The van der Waals surface area contributed by atoms with Crippen LogP contribution < -0.4 is 4.74 Å². The second-order valence-electron chi connectivity index (χ2n) is 5.52. The Kier molecular flexibility index (Phi) is 3.75. The Morgan fingerprint density at radius 2 is 1.42 bits per heavy atom. The van der Waals surface area contributed by atoms with E-state index in [1.807, 2.05) is 55.5 Å². The van der Waals surface area contributed by atoms with Crippen molar-refractivity contribution in [3.63, 3.8) is 0 Å². The summed E-state index contributed by atoms with van der Waals surface area (Å²) in [5, 5.41) is 0. The van der Waals surface area contributed by atoms with Crippen LogP contribution >= 0.6 is 0 Å². The van der Waals surface area contributed by atoms with E-state index in [1.165, 1.54) is 0 Å². The summed E-state index contributed by atoms with van der Waals surface area (Å²) < 4.78 is 11.3. The van der Waals surface area contributed by atoms with Gasteiger partial charge < -0.3 is 9.15 Å². The molecule has 0 aliphatic heterocycles. The third kappa shape index (κ3) is 2.76. The first-order valence-electron chi connectivity index (χ1n) is 8.03. The largest absolute Gasteiger partial charge is 0.494 e. The highest BCUT2D eigenvalue weighted by Gasteiger charge is 2.08. The van der Waals surface area contributed by atoms with Gasteiger partial charge in [-0.05, 0) is 54.4 Å². The summed E-state index contributed by atoms with van der Waals surface area (Å²) in [7, 11) is 0. The lowest BCUT2D eigenvalue weighted by atomic mass is 10.0. The highest BCUT2D eigenvalue weighted by Crippen LogP contribution is 2.28. The van der Waals surface area contributed by atoms with E-state index in [0.29, 0.717) is 12.5 Å². The first-order chi connectivity index (χ1) is 11.8. The Hall–Kier alpha value is -3.07. The number of aromatic nitrogens is 1. The van der Waals surface area contributed by atoms with Crippen molar-refractivity contribution in [2.45, 2.75) is 6.92 Å². The Morgan fingerprint density at radius 1 is 0.792 bits per heavy atom. The molecule has 3 nitrogen and oxygen atoms in total. The average Bonchev–Trinajstić information content (AvgIpc) is 3.07. The van der Waals surface area contributed by atoms with Gasteiger partial charge >= 0.3 is 0 Å². The number of nitrogens with zero attached hydrogens (tertiary/aromatic N) is 1. The number of rotatable bonds is 4. The lowest BCUT2D eigenvalue weighted by Crippen LogP contribution is -1.90. The summed E-state index contributed by atoms with van der Waals surface area (Å²) in [6.07, 6.45) is 0. The number of para-hydroxylation sites is 2. The fourth-order valence-corrected chi connectivity index (χ4v) is 2.71. The van der Waals surface area contributed by atoms with Gasteiger partial charge in [-0.3, -0.25) is 0 Å². The third-order valence-corrected chi connectivity index (χ3v) is 3.92. The smallest absolute Gasteiger partial charge is 0.227 e. The van der Waals surface area contributed by atoms with Gasteiger partial charge in [0.05, 0.1) is 6.61 Å². The fourth-order valence-electron chi connectivity index (χ4n) is 2.71. The van der Waals surface area contributed by atoms with Gasteiger partial charge in [-0.2, -0.15) is 0 Å². The van der Waals surface area contributed by atoms with Crippen LogP contribution in [0.1, 0.15) is 6.92 Å². The summed E-state index contributed by atoms with van der Waals surface area (Å²) in [5.74, 6) is 1.54. The van der Waals surface area contributed by atoms with Crippen molar-refractivity contribution in [2.75, 3.05) is 6.61 Å². The van der Waals surface area contributed by atoms with Crippen LogP contribution in [0.5, 0.6) is 5.75 Å². The van der Waals surface area contributed by atoms with Crippen LogP contribution in [-0.4, -0.2) is 11.6 Å². The van der Waals surface area contributed by atoms with E-state index in [1.54, 1.807) is 0 Å². The number of ether oxygens (including phenoxy) is 1. The van der Waals surface area contributed by atoms with E-state index in [4.69, 9.17) is 9.15 Å². The maximum atomic E-state index is 5.81. The van der Waals surface area contributed by atoms with Crippen molar-refractivity contribution in [1.29, 1.82) is 0 Å². The van der Waals surface area contributed by atoms with Gasteiger partial charge in [-0.25, -0.2) is 4.98 Å². The molecule has 0 bridgehead atoms. The minimum Gasteiger partial charge on any atom is -0.494 e. The minimum atomic E-state index is 0.648. The molecule has 1 heterocycles. The first kappa shape index (κ1) is 14.5. The van der Waals surface area contributed by atoms with Crippen molar-refractivity contribution < 1.29 is 9.15 Å². The topological polar surface area (TPSA) is 35.3 Å². The molecule has 0 fully saturated rings. The lowest BCUT2D eigenvalue weighted by Gasteiger charge is -2.05. The molecule has 0 aliphatic rings. The van der Waals surface area contributed by atoms with Crippen molar-refractivity contribution in [3.05, 3.63) is 72.8 Å². The predicted molar refractivity (Wildman–Crippen MR) is 96.1 cm³/mol. The quantitative estimate of drug-likeness (QED) is 0.494. The number of fused-ring (bicyclic) bond motifs is 1. The standard InChI is InChI=1S/C21H17NO2/c1-2-23-18-13-11-16(12-14-18)15-7-9-17(10-8-15)21-22-19-5-3-4-6-20(19)24-21/h3-14H,2H2,1H3. The lowest BCUT2D eigenvalue weighted by molar-refractivity contribution is 0.340. The minimum absolute atomic E-state index is 0.648. The molecule has 0 saturated heterocycles. The fraction of sp³-hybridized carbons (Fsp3) is 0.0952. The summed E-state index contributed by atoms with van der Waals surface area (Å²) >= 11 is 0. The molecule has 4 rings (SSSR count). The molecule has 3 aromatic carbocycles. The first-order valence-corrected chi connectivity index (χ1v) is 8.03. The zero-order chi connectivity index (χ0) is 16.4. The molecule has 24 heavy (non-hydrogen) atoms. The SMILES string of the molecule is CCOc1ccc(-c2ccc(-c3nc4ccccc4o3)cc2)cc1. The Bertz CT molecular complexity index is 920. The van der Waals surface area contributed by atoms with E-state index in [2.05, 4.69) is 29.2 Å². The zero-order valence-electron chi connectivity index (χ0n) is 13.4. The van der Waals surface area contributed by atoms with Crippen molar-refractivity contribution >= 4 is 11.1 Å². The van der Waals surface area contributed by atoms with Crippen LogP contribution in [0, 0.1) is 0 Å². The van der Waals surface area contributed by atoms with Crippen LogP contribution in [0.3, 0.4) is 0 Å². The molecule has 0 saturated carbocycles. The molecular formula is C21H17NO2. The Labute approximate surface area is 140 Å². The van der Waals surface area contributed by atoms with Gasteiger partial charge in [0.2, 0.25) is 5.89 Å². The number of benzene rings is 3. The summed E-state index contributed by atoms with van der Waals surface area (Å²) in [6, 6.07) is 24.2. The van der Waals surface area contributed by atoms with Crippen LogP contribution in [0.25, 0.3) is 33.7 Å². The normalized spacial score (nSPS) is 10.9. The zero-order valence-corrected chi connectivity index (χ0v) is 13.4. The molecule has 0 amide bonds. The van der Waals surface area contributed by atoms with E-state index in [0.717, 1.165) is 33.5 Å². The number of hydrogen-bond acceptors (Lipinski definition) is 3. The van der Waals surface area contributed by atoms with Crippen LogP contribution in [0.4, 0.5) is 0 Å². The molecule has 0 atom stereocenters. The number of hydrogen-bond donors (Lipinski definition) is 0. The predicted octanol–water partition coefficient (Wildman–Crippen LogP) is 5.56. The van der Waals surface area contributed by atoms with Gasteiger partial charge in [0, 0.05) is 5.56 Å². The van der Waals surface area contributed by atoms with Gasteiger partial charge in [0.1, 0.15) is 11.3 Å². The van der Waals surface area contributed by atoms with Gasteiger partial charge in [-0.1, -0.05) is 36.4 Å². The number of oxazole rings is 1. The monoisotopic (exact) mass is 315 g/mol. The molecule has 0 aliphatic carbocycles. The average molecular weight is 315 g/mol. The Balaban J connectivity index is 1.62. The van der Waals surface area contributed by atoms with Crippen LogP contribution in [-0.2, 0) is 0 Å². The van der Waals surface area contributed by atoms with E-state index in [9.17, 15) is 0 Å². The summed E-state index contributed by atoms with van der Waals surface area (Å²) in [6.45, 7) is 2.66. The molecule has 3 heteroatoms. The Morgan fingerprint density at radius 3 is 2.08 bits per heavy atom. The summed E-state index contributed by atoms with van der Waals surface area (Å²) in [5.41, 5.74) is 4.97. The summed E-state index contributed by atoms with van der Waals surface area (Å²) in [4.78, 5) is 4.53. The molecule has 118 valence electrons. The highest BCUT2D eigenvalue weighted by atomic mass is 16.5. The van der Waals surface area contributed by atoms with Crippen molar-refractivity contribution in [2.24, 2.45) is 0 Å². The molecule has 0 unspecified atom stereocenters. The highest BCUT2D eigenvalue weighted by molar-refractivity contribution is 5.76. The van der Waals surface area contributed by atoms with E-state index in [-0.39, 0.29) is 0 Å². The van der Waals surface area contributed by atoms with Gasteiger partial charge in [0.15, 0.2) is 5.58 Å². The maximum absolute atomic E-state index is 5.81. The van der Waals surface area contributed by atoms with Crippen LogP contribution in [0.15, 0.2) is 77.2 Å². The molecule has 0 N–H and O–H groups in total. The molecule has 4 aromatic rings. The third-order valence-electron chi connectivity index (χ3n) is 3.92. The van der Waals surface area contributed by atoms with Crippen molar-refractivity contribution in [1.82, 2.24) is 4.98 Å². The van der Waals surface area contributed by atoms with Crippen molar-refractivity contribution in [3.8, 4) is 28.3 Å². The molecular weight excluding hydrogens is 298 g/mol. The van der Waals surface area contributed by atoms with Gasteiger partial charge in [-0.15, -0.1) is 0 Å². The molecule has 0 spiro atoms. The van der Waals surface area contributed by atoms with Crippen LogP contribution in [0.2, 0.25) is 0 Å². The second-order valence-corrected chi connectivity index (χ2v) is 5.52. The maximum Gasteiger partial charge on any atom is 0.227 e. The molecule has 0 radical (unpaired) electrons. The van der Waals surface area contributed by atoms with E-state index < -0.39 is 0 Å². The van der Waals surface area contributed by atoms with Gasteiger partial charge in [0.25, 0.3) is 0 Å².